The summed E-state index contributed by atoms with van der Waals surface area (Å²) in [5.41, 5.74) is 5.38. The van der Waals surface area contributed by atoms with Crippen molar-refractivity contribution in [2.75, 3.05) is 5.75 Å². The summed E-state index contributed by atoms with van der Waals surface area (Å²) in [6.45, 7) is 0. The van der Waals surface area contributed by atoms with E-state index in [1.807, 2.05) is 0 Å². The Labute approximate surface area is 66.0 Å². The van der Waals surface area contributed by atoms with Crippen LogP contribution in [0.2, 0.25) is 0 Å². The summed E-state index contributed by atoms with van der Waals surface area (Å²) >= 11 is 0. The molecule has 1 atom stereocenters. The van der Waals surface area contributed by atoms with Gasteiger partial charge in [0.05, 0.1) is 5.75 Å². The predicted octanol–water partition coefficient (Wildman–Crippen LogP) is 0.413. The Balaban J connectivity index is 2.24. The van der Waals surface area contributed by atoms with Crippen molar-refractivity contribution in [3.63, 3.8) is 0 Å². The second kappa shape index (κ2) is 3.06. The molecule has 0 aliphatic heterocycles. The molecule has 0 radical (unpaired) electrons. The lowest BCUT2D eigenvalue weighted by atomic mass is 10.2. The maximum Gasteiger partial charge on any atom is 0.303 e. The second-order valence-corrected chi connectivity index (χ2v) is 4.56. The summed E-state index contributed by atoms with van der Waals surface area (Å²) in [6, 6.07) is -0.516. The van der Waals surface area contributed by atoms with E-state index < -0.39 is 22.0 Å². The summed E-state index contributed by atoms with van der Waals surface area (Å²) in [4.78, 5) is 0. The molecule has 3 nitrogen and oxygen atoms in total. The van der Waals surface area contributed by atoms with E-state index in [1.165, 1.54) is 0 Å². The van der Waals surface area contributed by atoms with Crippen LogP contribution in [0, 0.1) is 5.92 Å². The SMILES string of the molecule is NC(CC1CC1)CS(=O)(=O)F. The standard InChI is InChI=1S/C6H12FNO2S/c7-11(9,10)4-6(8)3-5-1-2-5/h5-6H,1-4,8H2. The summed E-state index contributed by atoms with van der Waals surface area (Å²) in [5, 5.41) is 0. The highest BCUT2D eigenvalue weighted by atomic mass is 32.3. The Bertz CT molecular complexity index is 223. The van der Waals surface area contributed by atoms with Gasteiger partial charge in [-0.2, -0.15) is 8.42 Å². The molecule has 0 aromatic rings. The Morgan fingerprint density at radius 2 is 2.09 bits per heavy atom. The highest BCUT2D eigenvalue weighted by molar-refractivity contribution is 7.86. The fraction of sp³-hybridized carbons (Fsp3) is 1.00. The first-order chi connectivity index (χ1) is 4.97. The summed E-state index contributed by atoms with van der Waals surface area (Å²) in [6.07, 6.45) is 2.86. The third-order valence-electron chi connectivity index (χ3n) is 1.75. The first-order valence-electron chi connectivity index (χ1n) is 3.65. The van der Waals surface area contributed by atoms with Crippen LogP contribution in [-0.4, -0.2) is 20.2 Å². The largest absolute Gasteiger partial charge is 0.327 e. The zero-order chi connectivity index (χ0) is 8.48. The van der Waals surface area contributed by atoms with Crippen LogP contribution in [0.15, 0.2) is 0 Å². The average molecular weight is 181 g/mol. The number of nitrogens with two attached hydrogens (primary N) is 1. The van der Waals surface area contributed by atoms with Crippen molar-refractivity contribution in [1.82, 2.24) is 0 Å². The van der Waals surface area contributed by atoms with Crippen LogP contribution in [0.4, 0.5) is 3.89 Å². The minimum Gasteiger partial charge on any atom is -0.327 e. The van der Waals surface area contributed by atoms with E-state index in [9.17, 15) is 12.3 Å². The molecule has 66 valence electrons. The van der Waals surface area contributed by atoms with Crippen molar-refractivity contribution >= 4 is 10.2 Å². The zero-order valence-electron chi connectivity index (χ0n) is 6.16. The molecule has 2 N–H and O–H groups in total. The molecule has 11 heavy (non-hydrogen) atoms. The van der Waals surface area contributed by atoms with Crippen LogP contribution in [0.3, 0.4) is 0 Å². The van der Waals surface area contributed by atoms with E-state index in [-0.39, 0.29) is 0 Å². The average Bonchev–Trinajstić information content (AvgIpc) is 2.42. The van der Waals surface area contributed by atoms with Crippen molar-refractivity contribution < 1.29 is 12.3 Å². The van der Waals surface area contributed by atoms with Gasteiger partial charge in [0.15, 0.2) is 0 Å². The van der Waals surface area contributed by atoms with E-state index in [4.69, 9.17) is 5.73 Å². The van der Waals surface area contributed by atoms with E-state index in [1.54, 1.807) is 0 Å². The topological polar surface area (TPSA) is 60.2 Å². The van der Waals surface area contributed by atoms with Crippen LogP contribution in [0.1, 0.15) is 19.3 Å². The van der Waals surface area contributed by atoms with Gasteiger partial charge in [0, 0.05) is 6.04 Å². The van der Waals surface area contributed by atoms with Crippen molar-refractivity contribution in [3.05, 3.63) is 0 Å². The van der Waals surface area contributed by atoms with Gasteiger partial charge in [0.2, 0.25) is 0 Å². The van der Waals surface area contributed by atoms with Gasteiger partial charge in [-0.05, 0) is 12.3 Å². The number of hydrogen-bond donors (Lipinski definition) is 1. The Kier molecular flexibility index (Phi) is 2.49. The molecule has 1 aliphatic rings. The third-order valence-corrected chi connectivity index (χ3v) is 2.57. The number of rotatable bonds is 4. The van der Waals surface area contributed by atoms with Gasteiger partial charge in [-0.3, -0.25) is 0 Å². The molecule has 0 aromatic heterocycles. The summed E-state index contributed by atoms with van der Waals surface area (Å²) in [7, 11) is -4.37. The molecular formula is C6H12FNO2S. The zero-order valence-corrected chi connectivity index (χ0v) is 6.98. The van der Waals surface area contributed by atoms with Crippen LogP contribution in [-0.2, 0) is 10.2 Å². The molecule has 1 unspecified atom stereocenters. The van der Waals surface area contributed by atoms with E-state index in [0.717, 1.165) is 12.8 Å². The normalized spacial score (nSPS) is 21.6. The third kappa shape index (κ3) is 4.31. The van der Waals surface area contributed by atoms with Crippen molar-refractivity contribution in [2.24, 2.45) is 11.7 Å². The fourth-order valence-corrected chi connectivity index (χ4v) is 1.75. The predicted molar refractivity (Wildman–Crippen MR) is 40.2 cm³/mol. The lowest BCUT2D eigenvalue weighted by Gasteiger charge is -2.06. The Hall–Kier alpha value is -0.160. The lowest BCUT2D eigenvalue weighted by molar-refractivity contribution is 0.531. The molecule has 0 bridgehead atoms. The van der Waals surface area contributed by atoms with Crippen molar-refractivity contribution in [1.29, 1.82) is 0 Å². The monoisotopic (exact) mass is 181 g/mol. The minimum absolute atomic E-state index is 0.516. The van der Waals surface area contributed by atoms with Crippen LogP contribution in [0.5, 0.6) is 0 Å². The van der Waals surface area contributed by atoms with E-state index >= 15 is 0 Å². The van der Waals surface area contributed by atoms with Crippen molar-refractivity contribution in [3.8, 4) is 0 Å². The first-order valence-corrected chi connectivity index (χ1v) is 5.20. The Morgan fingerprint density at radius 1 is 1.55 bits per heavy atom. The van der Waals surface area contributed by atoms with E-state index in [2.05, 4.69) is 0 Å². The molecule has 0 saturated heterocycles. The van der Waals surface area contributed by atoms with Gasteiger partial charge in [-0.15, -0.1) is 3.89 Å². The smallest absolute Gasteiger partial charge is 0.303 e. The minimum atomic E-state index is -4.37. The summed E-state index contributed by atoms with van der Waals surface area (Å²) < 4.78 is 32.2. The summed E-state index contributed by atoms with van der Waals surface area (Å²) in [5.74, 6) is 0.0236. The Morgan fingerprint density at radius 3 is 2.45 bits per heavy atom. The second-order valence-electron chi connectivity index (χ2n) is 3.14. The van der Waals surface area contributed by atoms with Crippen LogP contribution >= 0.6 is 0 Å². The van der Waals surface area contributed by atoms with Gasteiger partial charge in [-0.25, -0.2) is 0 Å². The molecular weight excluding hydrogens is 169 g/mol. The van der Waals surface area contributed by atoms with Gasteiger partial charge in [-0.1, -0.05) is 12.8 Å². The molecule has 1 aliphatic carbocycles. The van der Waals surface area contributed by atoms with Gasteiger partial charge < -0.3 is 5.73 Å². The van der Waals surface area contributed by atoms with Crippen molar-refractivity contribution in [2.45, 2.75) is 25.3 Å². The maximum absolute atomic E-state index is 12.0. The quantitative estimate of drug-likeness (QED) is 0.639. The van der Waals surface area contributed by atoms with E-state index in [0.29, 0.717) is 12.3 Å². The number of halogens is 1. The van der Waals surface area contributed by atoms with Gasteiger partial charge in [0.25, 0.3) is 0 Å². The molecule has 1 saturated carbocycles. The number of hydrogen-bond acceptors (Lipinski definition) is 3. The molecule has 0 amide bonds. The van der Waals surface area contributed by atoms with Gasteiger partial charge >= 0.3 is 10.2 Å². The molecule has 0 aromatic carbocycles. The van der Waals surface area contributed by atoms with Gasteiger partial charge in [0.1, 0.15) is 0 Å². The molecule has 1 fully saturated rings. The maximum atomic E-state index is 12.0. The first kappa shape index (κ1) is 8.93. The molecule has 5 heteroatoms. The molecule has 0 spiro atoms. The van der Waals surface area contributed by atoms with Crippen LogP contribution < -0.4 is 5.73 Å². The lowest BCUT2D eigenvalue weighted by Crippen LogP contribution is -2.28. The fourth-order valence-electron chi connectivity index (χ4n) is 1.11. The highest BCUT2D eigenvalue weighted by Crippen LogP contribution is 2.33. The molecule has 0 heterocycles. The molecule has 1 rings (SSSR count). The van der Waals surface area contributed by atoms with Crippen LogP contribution in [0.25, 0.3) is 0 Å². The highest BCUT2D eigenvalue weighted by Gasteiger charge is 2.26.